The zero-order valence-electron chi connectivity index (χ0n) is 17.9. The Morgan fingerprint density at radius 3 is 1.65 bits per heavy atom. The van der Waals surface area contributed by atoms with E-state index in [0.29, 0.717) is 0 Å². The fourth-order valence-corrected chi connectivity index (χ4v) is 2.61. The molecule has 1 aliphatic heterocycles. The second-order valence-electron chi connectivity index (χ2n) is 6.95. The summed E-state index contributed by atoms with van der Waals surface area (Å²) < 4.78 is 24.9. The molecule has 0 aromatic heterocycles. The molecule has 34 heavy (non-hydrogen) atoms. The fraction of sp³-hybridized carbons (Fsp3) is 0.217. The first-order chi connectivity index (χ1) is 16.1. The molecule has 0 atom stereocenters. The van der Waals surface area contributed by atoms with E-state index in [1.165, 1.54) is 12.1 Å². The van der Waals surface area contributed by atoms with Gasteiger partial charge in [-0.3, -0.25) is 0 Å². The molecular weight excluding hydrogens is 452 g/mol. The molecule has 0 saturated carbocycles. The number of cyclic esters (lactones) is 2. The Labute approximate surface area is 193 Å². The van der Waals surface area contributed by atoms with E-state index >= 15 is 0 Å². The molecule has 0 aliphatic carbocycles. The van der Waals surface area contributed by atoms with Gasteiger partial charge < -0.3 is 23.7 Å². The van der Waals surface area contributed by atoms with Crippen molar-refractivity contribution in [1.82, 2.24) is 0 Å². The van der Waals surface area contributed by atoms with Gasteiger partial charge in [-0.2, -0.15) is 0 Å². The Bertz CT molecular complexity index is 1010. The van der Waals surface area contributed by atoms with Crippen LogP contribution in [0.4, 0.5) is 0 Å². The number of fused-ring (bicyclic) bond motifs is 1. The molecule has 1 aliphatic rings. The van der Waals surface area contributed by atoms with Crippen molar-refractivity contribution >= 4 is 35.8 Å². The van der Waals surface area contributed by atoms with Gasteiger partial charge >= 0.3 is 35.8 Å². The van der Waals surface area contributed by atoms with Gasteiger partial charge in [-0.05, 0) is 18.2 Å². The first-order valence-electron chi connectivity index (χ1n) is 9.60. The van der Waals surface area contributed by atoms with Crippen LogP contribution in [0.5, 0.6) is 0 Å². The smallest absolute Gasteiger partial charge is 0.346 e. The van der Waals surface area contributed by atoms with Crippen LogP contribution in [0.15, 0.2) is 56.2 Å². The Hall–Kier alpha value is -4.54. The summed E-state index contributed by atoms with van der Waals surface area (Å²) in [6.45, 7) is 7.78. The van der Waals surface area contributed by atoms with E-state index in [2.05, 4.69) is 24.5 Å². The maximum absolute atomic E-state index is 12.6. The van der Waals surface area contributed by atoms with Gasteiger partial charge in [0.15, 0.2) is 0 Å². The average Bonchev–Trinajstić information content (AvgIpc) is 3.14. The van der Waals surface area contributed by atoms with E-state index in [4.69, 9.17) is 18.9 Å². The van der Waals surface area contributed by atoms with Crippen LogP contribution in [0.2, 0.25) is 0 Å². The molecular formula is C23H20O11. The highest BCUT2D eigenvalue weighted by molar-refractivity contribution is 6.15. The summed E-state index contributed by atoms with van der Waals surface area (Å²) in [5, 5.41) is 0. The third-order valence-corrected chi connectivity index (χ3v) is 4.45. The number of hydrogen-bond acceptors (Lipinski definition) is 11. The molecule has 0 saturated heterocycles. The van der Waals surface area contributed by atoms with Crippen molar-refractivity contribution in [3.63, 3.8) is 0 Å². The Kier molecular flexibility index (Phi) is 8.59. The minimum atomic E-state index is -1.52. The number of esters is 6. The molecule has 2 rings (SSSR count). The number of benzene rings is 1. The fourth-order valence-electron chi connectivity index (χ4n) is 2.61. The van der Waals surface area contributed by atoms with E-state index in [0.717, 1.165) is 24.3 Å². The molecule has 0 spiro atoms. The molecule has 11 heteroatoms. The van der Waals surface area contributed by atoms with Crippen LogP contribution in [-0.2, 0) is 38.1 Å². The minimum absolute atomic E-state index is 0.0000840. The van der Waals surface area contributed by atoms with Crippen LogP contribution >= 0.6 is 0 Å². The number of carbonyl (C=O) groups is 6. The van der Waals surface area contributed by atoms with Crippen molar-refractivity contribution in [1.29, 1.82) is 0 Å². The topological polar surface area (TPSA) is 149 Å². The molecule has 0 bridgehead atoms. The second-order valence-corrected chi connectivity index (χ2v) is 6.95. The van der Waals surface area contributed by atoms with Gasteiger partial charge in [0.25, 0.3) is 0 Å². The maximum Gasteiger partial charge on any atom is 0.346 e. The van der Waals surface area contributed by atoms with Crippen LogP contribution in [-0.4, -0.2) is 62.2 Å². The average molecular weight is 472 g/mol. The SMILES string of the molecule is C=CC(=O)OCC(COC(=O)C=C)(COC(=O)C=C)COC(=O)c1ccc2c(c1)C(=O)OC2=O. The van der Waals surface area contributed by atoms with Gasteiger partial charge in [0.2, 0.25) is 0 Å². The predicted molar refractivity (Wildman–Crippen MR) is 112 cm³/mol. The summed E-state index contributed by atoms with van der Waals surface area (Å²) in [6, 6.07) is 3.60. The van der Waals surface area contributed by atoms with Gasteiger partial charge in [-0.25, -0.2) is 28.8 Å². The number of carbonyl (C=O) groups excluding carboxylic acids is 6. The zero-order valence-corrected chi connectivity index (χ0v) is 17.9. The van der Waals surface area contributed by atoms with Crippen molar-refractivity contribution in [2.24, 2.45) is 5.41 Å². The molecule has 1 heterocycles. The van der Waals surface area contributed by atoms with E-state index in [1.807, 2.05) is 0 Å². The summed E-state index contributed by atoms with van der Waals surface area (Å²) >= 11 is 0. The molecule has 1 aromatic carbocycles. The standard InChI is InChI=1S/C23H20O11/c1-4-17(24)30-10-23(11-31-18(25)5-2,12-32-19(26)6-3)13-33-20(27)14-7-8-15-16(9-14)22(29)34-21(15)28/h4-9H,1-3,10-13H2. The number of ether oxygens (including phenoxy) is 5. The highest BCUT2D eigenvalue weighted by Gasteiger charge is 2.38. The summed E-state index contributed by atoms with van der Waals surface area (Å²) in [5.74, 6) is -5.17. The molecule has 0 amide bonds. The lowest BCUT2D eigenvalue weighted by atomic mass is 9.92. The largest absolute Gasteiger partial charge is 0.462 e. The molecule has 178 valence electrons. The lowest BCUT2D eigenvalue weighted by Gasteiger charge is -2.31. The van der Waals surface area contributed by atoms with E-state index in [-0.39, 0.29) is 16.7 Å². The number of rotatable bonds is 12. The first kappa shape index (κ1) is 25.7. The van der Waals surface area contributed by atoms with Gasteiger partial charge in [0, 0.05) is 18.2 Å². The van der Waals surface area contributed by atoms with E-state index in [9.17, 15) is 28.8 Å². The highest BCUT2D eigenvalue weighted by atomic mass is 16.6. The van der Waals surface area contributed by atoms with Crippen molar-refractivity contribution in [2.45, 2.75) is 0 Å². The molecule has 0 fully saturated rings. The normalized spacial score (nSPS) is 12.0. The van der Waals surface area contributed by atoms with Crippen molar-refractivity contribution in [3.8, 4) is 0 Å². The number of hydrogen-bond donors (Lipinski definition) is 0. The molecule has 11 nitrogen and oxygen atoms in total. The summed E-state index contributed by atoms with van der Waals surface area (Å²) in [4.78, 5) is 70.7. The second kappa shape index (κ2) is 11.4. The van der Waals surface area contributed by atoms with Gasteiger partial charge in [0.05, 0.1) is 16.7 Å². The van der Waals surface area contributed by atoms with Crippen LogP contribution < -0.4 is 0 Å². The summed E-state index contributed by atoms with van der Waals surface area (Å²) in [7, 11) is 0. The van der Waals surface area contributed by atoms with Crippen LogP contribution in [0, 0.1) is 5.41 Å². The summed E-state index contributed by atoms with van der Waals surface area (Å²) in [5.41, 5.74) is -1.71. The highest BCUT2D eigenvalue weighted by Crippen LogP contribution is 2.24. The third-order valence-electron chi connectivity index (χ3n) is 4.45. The van der Waals surface area contributed by atoms with Crippen molar-refractivity contribution < 1.29 is 52.5 Å². The summed E-state index contributed by atoms with van der Waals surface area (Å²) in [6.07, 6.45) is 2.65. The Balaban J connectivity index is 2.26. The van der Waals surface area contributed by atoms with Gasteiger partial charge in [0.1, 0.15) is 31.8 Å². The molecule has 1 aromatic rings. The Morgan fingerprint density at radius 1 is 0.735 bits per heavy atom. The quantitative estimate of drug-likeness (QED) is 0.188. The van der Waals surface area contributed by atoms with Crippen molar-refractivity contribution in [2.75, 3.05) is 26.4 Å². The van der Waals surface area contributed by atoms with Crippen LogP contribution in [0.1, 0.15) is 31.1 Å². The molecule has 0 radical (unpaired) electrons. The minimum Gasteiger partial charge on any atom is -0.462 e. The molecule has 0 N–H and O–H groups in total. The van der Waals surface area contributed by atoms with Crippen LogP contribution in [0.3, 0.4) is 0 Å². The monoisotopic (exact) mass is 472 g/mol. The molecule has 0 unspecified atom stereocenters. The lowest BCUT2D eigenvalue weighted by molar-refractivity contribution is -0.159. The van der Waals surface area contributed by atoms with Crippen molar-refractivity contribution in [3.05, 3.63) is 72.9 Å². The Morgan fingerprint density at radius 2 is 1.18 bits per heavy atom. The third kappa shape index (κ3) is 6.48. The van der Waals surface area contributed by atoms with Gasteiger partial charge in [-0.1, -0.05) is 19.7 Å². The lowest BCUT2D eigenvalue weighted by Crippen LogP contribution is -2.43. The predicted octanol–water partition coefficient (Wildman–Crippen LogP) is 1.33. The zero-order chi connectivity index (χ0) is 25.3. The van der Waals surface area contributed by atoms with Crippen LogP contribution in [0.25, 0.3) is 0 Å². The maximum atomic E-state index is 12.6. The van der Waals surface area contributed by atoms with E-state index < -0.39 is 67.7 Å². The van der Waals surface area contributed by atoms with E-state index in [1.54, 1.807) is 0 Å². The van der Waals surface area contributed by atoms with Gasteiger partial charge in [-0.15, -0.1) is 0 Å². The first-order valence-corrected chi connectivity index (χ1v) is 9.60.